The highest BCUT2D eigenvalue weighted by atomic mass is 32.2. The number of aryl methyl sites for hydroxylation is 1. The zero-order valence-corrected chi connectivity index (χ0v) is 21.5. The number of carbonyl (C=O) groups is 1. The van der Waals surface area contributed by atoms with Crippen molar-refractivity contribution in [2.45, 2.75) is 38.1 Å². The van der Waals surface area contributed by atoms with Crippen LogP contribution in [0.5, 0.6) is 0 Å². The van der Waals surface area contributed by atoms with Crippen LogP contribution in [0.15, 0.2) is 59.6 Å². The number of hydrogen-bond acceptors (Lipinski definition) is 8. The molecule has 1 aliphatic rings. The zero-order valence-electron chi connectivity index (χ0n) is 20.7. The van der Waals surface area contributed by atoms with Crippen molar-refractivity contribution in [3.63, 3.8) is 0 Å². The van der Waals surface area contributed by atoms with E-state index in [2.05, 4.69) is 63.5 Å². The number of amides is 1. The molecule has 35 heavy (non-hydrogen) atoms. The van der Waals surface area contributed by atoms with E-state index in [1.807, 2.05) is 48.2 Å². The van der Waals surface area contributed by atoms with E-state index in [0.29, 0.717) is 11.5 Å². The monoisotopic (exact) mass is 491 g/mol. The number of benzene rings is 2. The van der Waals surface area contributed by atoms with Gasteiger partial charge in [-0.05, 0) is 82.1 Å². The summed E-state index contributed by atoms with van der Waals surface area (Å²) < 4.78 is 3.43. The van der Waals surface area contributed by atoms with Crippen molar-refractivity contribution < 1.29 is 4.79 Å². The summed E-state index contributed by atoms with van der Waals surface area (Å²) in [6.07, 6.45) is 1.79. The maximum absolute atomic E-state index is 12.7. The molecule has 9 heteroatoms. The van der Waals surface area contributed by atoms with Crippen LogP contribution in [0.3, 0.4) is 0 Å². The average Bonchev–Trinajstić information content (AvgIpc) is 2.85. The third-order valence-electron chi connectivity index (χ3n) is 5.34. The molecule has 0 radical (unpaired) electrons. The van der Waals surface area contributed by atoms with Crippen molar-refractivity contribution in [3.8, 4) is 0 Å². The number of aromatic nitrogens is 2. The Kier molecular flexibility index (Phi) is 7.90. The molecule has 3 aromatic rings. The lowest BCUT2D eigenvalue weighted by Crippen LogP contribution is -2.46. The molecule has 0 spiro atoms. The third kappa shape index (κ3) is 7.17. The molecule has 184 valence electrons. The van der Waals surface area contributed by atoms with Crippen LogP contribution in [0.1, 0.15) is 36.7 Å². The van der Waals surface area contributed by atoms with E-state index >= 15 is 0 Å². The molecule has 4 N–H and O–H groups in total. The zero-order chi connectivity index (χ0) is 24.8. The van der Waals surface area contributed by atoms with Crippen LogP contribution >= 0.6 is 11.9 Å². The number of hydrogen-bond donors (Lipinski definition) is 4. The maximum Gasteiger partial charge on any atom is 0.253 e. The van der Waals surface area contributed by atoms with Gasteiger partial charge in [0.1, 0.15) is 5.82 Å². The summed E-state index contributed by atoms with van der Waals surface area (Å²) in [6.45, 7) is 11.5. The standard InChI is InChI=1S/C26H33N7OS/c1-18-17-28-25(30-20-10-8-19(9-11-20)24(34)33-14-12-27-13-15-33)31-23(18)29-21-6-5-7-22(16-21)35-32-26(2,3)4/h5-11,16-17,27,32H,12-15H2,1-4H3,(H2,28,29,30,31). The molecule has 1 aromatic heterocycles. The Morgan fingerprint density at radius 1 is 1.03 bits per heavy atom. The quantitative estimate of drug-likeness (QED) is 0.353. The molecule has 1 fully saturated rings. The predicted molar refractivity (Wildman–Crippen MR) is 144 cm³/mol. The first-order chi connectivity index (χ1) is 16.8. The van der Waals surface area contributed by atoms with Gasteiger partial charge < -0.3 is 20.9 Å². The highest BCUT2D eigenvalue weighted by molar-refractivity contribution is 7.97. The highest BCUT2D eigenvalue weighted by Crippen LogP contribution is 2.25. The summed E-state index contributed by atoms with van der Waals surface area (Å²) >= 11 is 1.61. The first-order valence-electron chi connectivity index (χ1n) is 11.8. The topological polar surface area (TPSA) is 94.2 Å². The van der Waals surface area contributed by atoms with Crippen molar-refractivity contribution in [2.75, 3.05) is 36.8 Å². The Morgan fingerprint density at radius 2 is 1.77 bits per heavy atom. The molecule has 8 nitrogen and oxygen atoms in total. The van der Waals surface area contributed by atoms with E-state index < -0.39 is 0 Å². The van der Waals surface area contributed by atoms with Gasteiger partial charge in [-0.3, -0.25) is 9.52 Å². The summed E-state index contributed by atoms with van der Waals surface area (Å²) in [4.78, 5) is 24.8. The van der Waals surface area contributed by atoms with Gasteiger partial charge in [-0.25, -0.2) is 4.98 Å². The smallest absolute Gasteiger partial charge is 0.253 e. The van der Waals surface area contributed by atoms with Gasteiger partial charge in [-0.1, -0.05) is 6.07 Å². The number of piperazine rings is 1. The molecular weight excluding hydrogens is 458 g/mol. The van der Waals surface area contributed by atoms with Gasteiger partial charge >= 0.3 is 0 Å². The van der Waals surface area contributed by atoms with E-state index in [4.69, 9.17) is 0 Å². The van der Waals surface area contributed by atoms with Crippen molar-refractivity contribution in [1.29, 1.82) is 0 Å². The van der Waals surface area contributed by atoms with Gasteiger partial charge in [0.05, 0.1) is 0 Å². The third-order valence-corrected chi connectivity index (χ3v) is 6.54. The van der Waals surface area contributed by atoms with E-state index in [1.165, 1.54) is 0 Å². The largest absolute Gasteiger partial charge is 0.340 e. The van der Waals surface area contributed by atoms with Crippen LogP contribution in [-0.4, -0.2) is 52.5 Å². The van der Waals surface area contributed by atoms with E-state index in [-0.39, 0.29) is 11.4 Å². The van der Waals surface area contributed by atoms with Crippen LogP contribution < -0.4 is 20.7 Å². The fraction of sp³-hybridized carbons (Fsp3) is 0.346. The first-order valence-corrected chi connectivity index (χ1v) is 12.6. The van der Waals surface area contributed by atoms with Crippen LogP contribution in [0.2, 0.25) is 0 Å². The highest BCUT2D eigenvalue weighted by Gasteiger charge is 2.17. The summed E-state index contributed by atoms with van der Waals surface area (Å²) in [5.74, 6) is 1.28. The van der Waals surface area contributed by atoms with Crippen molar-refractivity contribution in [3.05, 3.63) is 65.9 Å². The molecule has 1 aliphatic heterocycles. The molecule has 0 unspecified atom stereocenters. The summed E-state index contributed by atoms with van der Waals surface area (Å²) in [5, 5.41) is 9.92. The molecule has 0 saturated carbocycles. The molecule has 1 amide bonds. The van der Waals surface area contributed by atoms with E-state index in [9.17, 15) is 4.79 Å². The van der Waals surface area contributed by atoms with Crippen molar-refractivity contribution in [1.82, 2.24) is 24.9 Å². The Hall–Kier alpha value is -3.14. The van der Waals surface area contributed by atoms with Crippen LogP contribution in [0.4, 0.5) is 23.1 Å². The number of carbonyl (C=O) groups excluding carboxylic acids is 1. The Morgan fingerprint density at radius 3 is 2.49 bits per heavy atom. The molecule has 0 bridgehead atoms. The Labute approximate surface area is 211 Å². The van der Waals surface area contributed by atoms with Gasteiger partial charge in [-0.15, -0.1) is 0 Å². The number of anilines is 4. The van der Waals surface area contributed by atoms with Gasteiger partial charge in [-0.2, -0.15) is 4.98 Å². The van der Waals surface area contributed by atoms with Crippen molar-refractivity contribution in [2.24, 2.45) is 0 Å². The molecule has 2 heterocycles. The van der Waals surface area contributed by atoms with Crippen LogP contribution in [-0.2, 0) is 0 Å². The minimum Gasteiger partial charge on any atom is -0.340 e. The lowest BCUT2D eigenvalue weighted by Gasteiger charge is -2.27. The van der Waals surface area contributed by atoms with E-state index in [1.54, 1.807) is 18.1 Å². The number of nitrogens with one attached hydrogen (secondary N) is 4. The normalized spacial score (nSPS) is 14.0. The molecule has 1 saturated heterocycles. The van der Waals surface area contributed by atoms with Crippen LogP contribution in [0.25, 0.3) is 0 Å². The lowest BCUT2D eigenvalue weighted by molar-refractivity contribution is 0.0736. The maximum atomic E-state index is 12.7. The Bertz CT molecular complexity index is 1160. The van der Waals surface area contributed by atoms with Gasteiger partial charge in [0.25, 0.3) is 5.91 Å². The molecule has 0 atom stereocenters. The average molecular weight is 492 g/mol. The van der Waals surface area contributed by atoms with Crippen LogP contribution in [0, 0.1) is 6.92 Å². The fourth-order valence-electron chi connectivity index (χ4n) is 3.49. The number of nitrogens with zero attached hydrogens (tertiary/aromatic N) is 3. The predicted octanol–water partition coefficient (Wildman–Crippen LogP) is 4.71. The van der Waals surface area contributed by atoms with Crippen molar-refractivity contribution >= 4 is 41.0 Å². The summed E-state index contributed by atoms with van der Waals surface area (Å²) in [7, 11) is 0. The number of rotatable bonds is 7. The van der Waals surface area contributed by atoms with Gasteiger partial charge in [0.2, 0.25) is 5.95 Å². The fourth-order valence-corrected chi connectivity index (χ4v) is 4.25. The minimum atomic E-state index is 0.0223. The second kappa shape index (κ2) is 11.1. The second-order valence-corrected chi connectivity index (χ2v) is 10.5. The summed E-state index contributed by atoms with van der Waals surface area (Å²) in [6, 6.07) is 15.7. The molecule has 2 aromatic carbocycles. The second-order valence-electron chi connectivity index (χ2n) is 9.58. The first kappa shape index (κ1) is 25.0. The minimum absolute atomic E-state index is 0.0223. The summed E-state index contributed by atoms with van der Waals surface area (Å²) in [5.41, 5.74) is 3.42. The van der Waals surface area contributed by atoms with Gasteiger partial charge in [0, 0.05) is 65.3 Å². The SMILES string of the molecule is Cc1cnc(Nc2ccc(C(=O)N3CCNCC3)cc2)nc1Nc1cccc(SNC(C)(C)C)c1. The molecular formula is C26H33N7OS. The van der Waals surface area contributed by atoms with E-state index in [0.717, 1.165) is 53.8 Å². The Balaban J connectivity index is 1.42. The van der Waals surface area contributed by atoms with Gasteiger partial charge in [0.15, 0.2) is 0 Å². The molecule has 0 aliphatic carbocycles. The lowest BCUT2D eigenvalue weighted by atomic mass is 10.1. The molecule has 4 rings (SSSR count).